The van der Waals surface area contributed by atoms with Crippen LogP contribution in [0.4, 0.5) is 5.69 Å². The van der Waals surface area contributed by atoms with Gasteiger partial charge in [0.05, 0.1) is 18.5 Å². The SMILES string of the molecule is COC(=O)c1c(N)c(C2CCOCC2)nn1C. The molecule has 2 heterocycles. The first-order valence-corrected chi connectivity index (χ1v) is 5.63. The second kappa shape index (κ2) is 4.75. The van der Waals surface area contributed by atoms with E-state index in [4.69, 9.17) is 15.2 Å². The number of esters is 1. The smallest absolute Gasteiger partial charge is 0.358 e. The molecule has 0 radical (unpaired) electrons. The minimum Gasteiger partial charge on any atom is -0.464 e. The summed E-state index contributed by atoms with van der Waals surface area (Å²) in [4.78, 5) is 11.6. The summed E-state index contributed by atoms with van der Waals surface area (Å²) >= 11 is 0. The van der Waals surface area contributed by atoms with Crippen LogP contribution in [0, 0.1) is 0 Å². The Bertz CT molecular complexity index is 422. The molecule has 6 nitrogen and oxygen atoms in total. The maximum atomic E-state index is 11.6. The van der Waals surface area contributed by atoms with Gasteiger partial charge >= 0.3 is 5.97 Å². The molecule has 1 aliphatic heterocycles. The van der Waals surface area contributed by atoms with Crippen molar-refractivity contribution < 1.29 is 14.3 Å². The summed E-state index contributed by atoms with van der Waals surface area (Å²) in [6.45, 7) is 1.43. The number of nitrogens with zero attached hydrogens (tertiary/aromatic N) is 2. The van der Waals surface area contributed by atoms with Crippen LogP contribution in [0.2, 0.25) is 0 Å². The lowest BCUT2D eigenvalue weighted by Gasteiger charge is -2.20. The van der Waals surface area contributed by atoms with Gasteiger partial charge in [0.2, 0.25) is 0 Å². The number of methoxy groups -OCH3 is 1. The molecular formula is C11H17N3O3. The Morgan fingerprint density at radius 1 is 1.53 bits per heavy atom. The van der Waals surface area contributed by atoms with E-state index in [-0.39, 0.29) is 5.92 Å². The van der Waals surface area contributed by atoms with Crippen LogP contribution in [0.15, 0.2) is 0 Å². The highest BCUT2D eigenvalue weighted by Crippen LogP contribution is 2.31. The van der Waals surface area contributed by atoms with E-state index in [1.165, 1.54) is 11.8 Å². The lowest BCUT2D eigenvalue weighted by molar-refractivity contribution is 0.0589. The number of anilines is 1. The molecule has 1 aliphatic rings. The van der Waals surface area contributed by atoms with Crippen molar-refractivity contribution in [3.63, 3.8) is 0 Å². The molecule has 0 atom stereocenters. The van der Waals surface area contributed by atoms with E-state index in [0.29, 0.717) is 24.6 Å². The van der Waals surface area contributed by atoms with Crippen molar-refractivity contribution in [2.24, 2.45) is 7.05 Å². The van der Waals surface area contributed by atoms with Gasteiger partial charge in [-0.15, -0.1) is 0 Å². The van der Waals surface area contributed by atoms with Gasteiger partial charge in [-0.1, -0.05) is 0 Å². The Balaban J connectivity index is 2.32. The number of rotatable bonds is 2. The van der Waals surface area contributed by atoms with E-state index in [1.54, 1.807) is 7.05 Å². The van der Waals surface area contributed by atoms with E-state index in [1.807, 2.05) is 0 Å². The number of carbonyl (C=O) groups excluding carboxylic acids is 1. The Labute approximate surface area is 99.7 Å². The Hall–Kier alpha value is -1.56. The molecule has 1 fully saturated rings. The van der Waals surface area contributed by atoms with Gasteiger partial charge in [-0.3, -0.25) is 4.68 Å². The highest BCUT2D eigenvalue weighted by molar-refractivity contribution is 5.93. The third kappa shape index (κ3) is 2.12. The number of aryl methyl sites for hydroxylation is 1. The lowest BCUT2D eigenvalue weighted by atomic mass is 9.95. The van der Waals surface area contributed by atoms with E-state index >= 15 is 0 Å². The zero-order valence-corrected chi connectivity index (χ0v) is 10.1. The molecule has 0 amide bonds. The fourth-order valence-corrected chi connectivity index (χ4v) is 2.17. The minimum atomic E-state index is -0.448. The highest BCUT2D eigenvalue weighted by atomic mass is 16.5. The molecule has 0 saturated carbocycles. The average Bonchev–Trinajstić information content (AvgIpc) is 2.65. The van der Waals surface area contributed by atoms with Crippen LogP contribution in [0.1, 0.15) is 34.9 Å². The predicted molar refractivity (Wildman–Crippen MR) is 61.8 cm³/mol. The van der Waals surface area contributed by atoms with Crippen LogP contribution < -0.4 is 5.73 Å². The maximum absolute atomic E-state index is 11.6. The molecule has 0 unspecified atom stereocenters. The molecule has 0 spiro atoms. The number of hydrogen-bond acceptors (Lipinski definition) is 5. The quantitative estimate of drug-likeness (QED) is 0.768. The van der Waals surface area contributed by atoms with Crippen LogP contribution in [-0.2, 0) is 16.5 Å². The van der Waals surface area contributed by atoms with Crippen molar-refractivity contribution in [3.05, 3.63) is 11.4 Å². The largest absolute Gasteiger partial charge is 0.464 e. The standard InChI is InChI=1S/C11H17N3O3/c1-14-10(11(15)16-2)8(12)9(13-14)7-3-5-17-6-4-7/h7H,3-6,12H2,1-2H3. The van der Waals surface area contributed by atoms with E-state index in [2.05, 4.69) is 5.10 Å². The topological polar surface area (TPSA) is 79.4 Å². The van der Waals surface area contributed by atoms with E-state index in [0.717, 1.165) is 18.5 Å². The normalized spacial score (nSPS) is 17.1. The molecule has 1 aromatic rings. The Kier molecular flexibility index (Phi) is 3.33. The summed E-state index contributed by atoms with van der Waals surface area (Å²) in [6.07, 6.45) is 1.78. The van der Waals surface area contributed by atoms with Gasteiger partial charge in [-0.05, 0) is 12.8 Å². The highest BCUT2D eigenvalue weighted by Gasteiger charge is 2.26. The van der Waals surface area contributed by atoms with Crippen LogP contribution in [-0.4, -0.2) is 36.1 Å². The molecule has 1 saturated heterocycles. The number of hydrogen-bond donors (Lipinski definition) is 1. The Morgan fingerprint density at radius 3 is 2.76 bits per heavy atom. The first-order valence-electron chi connectivity index (χ1n) is 5.63. The predicted octanol–water partition coefficient (Wildman–Crippen LogP) is 0.683. The van der Waals surface area contributed by atoms with Crippen molar-refractivity contribution in [1.82, 2.24) is 9.78 Å². The maximum Gasteiger partial charge on any atom is 0.358 e. The van der Waals surface area contributed by atoms with Gasteiger partial charge in [0.1, 0.15) is 0 Å². The molecule has 17 heavy (non-hydrogen) atoms. The van der Waals surface area contributed by atoms with Crippen LogP contribution in [0.3, 0.4) is 0 Å². The summed E-state index contributed by atoms with van der Waals surface area (Å²) in [7, 11) is 3.04. The molecule has 1 aromatic heterocycles. The fourth-order valence-electron chi connectivity index (χ4n) is 2.17. The number of ether oxygens (including phenoxy) is 2. The lowest BCUT2D eigenvalue weighted by Crippen LogP contribution is -2.15. The molecule has 0 aromatic carbocycles. The second-order valence-electron chi connectivity index (χ2n) is 4.15. The summed E-state index contributed by atoms with van der Waals surface area (Å²) in [6, 6.07) is 0. The van der Waals surface area contributed by atoms with Gasteiger partial charge < -0.3 is 15.2 Å². The number of nitrogens with two attached hydrogens (primary N) is 1. The first kappa shape index (κ1) is 11.9. The van der Waals surface area contributed by atoms with Gasteiger partial charge in [0, 0.05) is 26.2 Å². The molecule has 0 bridgehead atoms. The Morgan fingerprint density at radius 2 is 2.18 bits per heavy atom. The molecule has 6 heteroatoms. The number of nitrogen functional groups attached to an aromatic ring is 1. The average molecular weight is 239 g/mol. The summed E-state index contributed by atoms with van der Waals surface area (Å²) < 4.78 is 11.5. The van der Waals surface area contributed by atoms with Crippen LogP contribution in [0.25, 0.3) is 0 Å². The van der Waals surface area contributed by atoms with Crippen molar-refractivity contribution in [1.29, 1.82) is 0 Å². The summed E-state index contributed by atoms with van der Waals surface area (Å²) in [5.41, 5.74) is 7.54. The number of aromatic nitrogens is 2. The third-order valence-corrected chi connectivity index (χ3v) is 3.10. The third-order valence-electron chi connectivity index (χ3n) is 3.10. The van der Waals surface area contributed by atoms with Crippen molar-refractivity contribution in [2.75, 3.05) is 26.1 Å². The zero-order valence-electron chi connectivity index (χ0n) is 10.1. The van der Waals surface area contributed by atoms with E-state index in [9.17, 15) is 4.79 Å². The molecule has 2 rings (SSSR count). The summed E-state index contributed by atoms with van der Waals surface area (Å²) in [5, 5.41) is 4.34. The van der Waals surface area contributed by atoms with Crippen molar-refractivity contribution in [2.45, 2.75) is 18.8 Å². The molecule has 94 valence electrons. The first-order chi connectivity index (χ1) is 8.15. The molecule has 0 aliphatic carbocycles. The van der Waals surface area contributed by atoms with Crippen molar-refractivity contribution >= 4 is 11.7 Å². The molecular weight excluding hydrogens is 222 g/mol. The van der Waals surface area contributed by atoms with Gasteiger partial charge in [0.25, 0.3) is 0 Å². The second-order valence-corrected chi connectivity index (χ2v) is 4.15. The molecule has 2 N–H and O–H groups in total. The summed E-state index contributed by atoms with van der Waals surface area (Å²) in [5.74, 6) is -0.177. The monoisotopic (exact) mass is 239 g/mol. The zero-order chi connectivity index (χ0) is 12.4. The van der Waals surface area contributed by atoms with Gasteiger partial charge in [-0.2, -0.15) is 5.10 Å². The van der Waals surface area contributed by atoms with Crippen molar-refractivity contribution in [3.8, 4) is 0 Å². The minimum absolute atomic E-state index is 0.272. The van der Waals surface area contributed by atoms with Crippen LogP contribution >= 0.6 is 0 Å². The van der Waals surface area contributed by atoms with Crippen LogP contribution in [0.5, 0.6) is 0 Å². The number of carbonyl (C=O) groups is 1. The van der Waals surface area contributed by atoms with Gasteiger partial charge in [-0.25, -0.2) is 4.79 Å². The van der Waals surface area contributed by atoms with Gasteiger partial charge in [0.15, 0.2) is 5.69 Å². The van der Waals surface area contributed by atoms with E-state index < -0.39 is 5.97 Å². The fraction of sp³-hybridized carbons (Fsp3) is 0.636.